The van der Waals surface area contributed by atoms with E-state index >= 15 is 0 Å². The van der Waals surface area contributed by atoms with Gasteiger partial charge in [0.1, 0.15) is 5.39 Å². The normalized spacial score (nSPS) is 18.4. The van der Waals surface area contributed by atoms with Gasteiger partial charge in [0.25, 0.3) is 5.56 Å². The van der Waals surface area contributed by atoms with E-state index in [1.165, 1.54) is 5.52 Å². The van der Waals surface area contributed by atoms with Crippen LogP contribution in [0.2, 0.25) is 0 Å². The summed E-state index contributed by atoms with van der Waals surface area (Å²) in [5, 5.41) is 16.1. The van der Waals surface area contributed by atoms with Crippen molar-refractivity contribution in [2.75, 3.05) is 26.0 Å². The number of rotatable bonds is 5. The van der Waals surface area contributed by atoms with E-state index in [4.69, 9.17) is 4.98 Å². The first-order chi connectivity index (χ1) is 19.3. The minimum atomic E-state index is -0.969. The quantitative estimate of drug-likeness (QED) is 0.313. The van der Waals surface area contributed by atoms with E-state index in [0.717, 1.165) is 48.3 Å². The van der Waals surface area contributed by atoms with E-state index in [1.54, 1.807) is 10.9 Å². The molecule has 0 aliphatic carbocycles. The standard InChI is InChI=1S/C31H35N7O2/c1-31(40)14-6-4-5-7-15-37-29(39)26-21-32-30(34-28(26)38(37)25-10-8-9-23(31)20-25)33-24-11-12-27-22(19-24)13-16-36(27)18-17-35(2)3/h5,7-13,16,19-21,40H,4,6,14-15,17-18H2,1-3H3,(H,32,33,34)/b7-5-. The number of anilines is 2. The maximum absolute atomic E-state index is 13.5. The van der Waals surface area contributed by atoms with Crippen LogP contribution < -0.4 is 10.9 Å². The number of hydrogen-bond donors (Lipinski definition) is 2. The molecule has 0 saturated heterocycles. The number of nitrogens with one attached hydrogen (secondary N) is 1. The van der Waals surface area contributed by atoms with Gasteiger partial charge in [-0.2, -0.15) is 4.98 Å². The third-order valence-corrected chi connectivity index (χ3v) is 7.68. The second-order valence-corrected chi connectivity index (χ2v) is 11.0. The van der Waals surface area contributed by atoms with Crippen molar-refractivity contribution in [2.24, 2.45) is 0 Å². The number of fused-ring (bicyclic) bond motifs is 7. The zero-order chi connectivity index (χ0) is 27.9. The number of aromatic nitrogens is 5. The number of aliphatic hydroxyl groups is 1. The molecule has 9 heteroatoms. The Kier molecular flexibility index (Phi) is 6.77. The van der Waals surface area contributed by atoms with Gasteiger partial charge in [0.05, 0.1) is 17.8 Å². The lowest BCUT2D eigenvalue weighted by atomic mass is 9.90. The van der Waals surface area contributed by atoms with Gasteiger partial charge >= 0.3 is 0 Å². The van der Waals surface area contributed by atoms with Gasteiger partial charge in [-0.25, -0.2) is 14.3 Å². The molecule has 2 aromatic carbocycles. The van der Waals surface area contributed by atoms with Crippen molar-refractivity contribution in [3.63, 3.8) is 0 Å². The highest BCUT2D eigenvalue weighted by Gasteiger charge is 2.24. The molecule has 6 rings (SSSR count). The maximum atomic E-state index is 13.5. The molecule has 0 spiro atoms. The van der Waals surface area contributed by atoms with Crippen molar-refractivity contribution in [3.8, 4) is 5.69 Å². The molecule has 1 unspecified atom stereocenters. The van der Waals surface area contributed by atoms with Gasteiger partial charge < -0.3 is 19.9 Å². The minimum Gasteiger partial charge on any atom is -0.385 e. The molecule has 1 atom stereocenters. The van der Waals surface area contributed by atoms with Crippen LogP contribution in [0.15, 0.2) is 77.9 Å². The summed E-state index contributed by atoms with van der Waals surface area (Å²) in [5.74, 6) is 0.407. The van der Waals surface area contributed by atoms with Crippen LogP contribution in [-0.2, 0) is 18.7 Å². The molecule has 40 heavy (non-hydrogen) atoms. The van der Waals surface area contributed by atoms with Crippen LogP contribution in [0.5, 0.6) is 0 Å². The second kappa shape index (κ2) is 10.4. The van der Waals surface area contributed by atoms with Crippen LogP contribution >= 0.6 is 0 Å². The molecule has 4 heterocycles. The van der Waals surface area contributed by atoms with Crippen LogP contribution in [0.4, 0.5) is 11.6 Å². The van der Waals surface area contributed by atoms with Crippen LogP contribution in [0.3, 0.4) is 0 Å². The van der Waals surface area contributed by atoms with Crippen molar-refractivity contribution in [2.45, 2.75) is 44.9 Å². The summed E-state index contributed by atoms with van der Waals surface area (Å²) >= 11 is 0. The average Bonchev–Trinajstić information content (AvgIpc) is 3.46. The molecule has 0 fully saturated rings. The van der Waals surface area contributed by atoms with Crippen molar-refractivity contribution in [1.82, 2.24) is 28.8 Å². The van der Waals surface area contributed by atoms with Gasteiger partial charge in [-0.05, 0) is 82.2 Å². The van der Waals surface area contributed by atoms with Crippen molar-refractivity contribution in [1.29, 1.82) is 0 Å². The summed E-state index contributed by atoms with van der Waals surface area (Å²) in [5.41, 5.74) is 3.02. The molecule has 0 amide bonds. The first kappa shape index (κ1) is 26.0. The zero-order valence-electron chi connectivity index (χ0n) is 23.2. The topological polar surface area (TPSA) is 93.1 Å². The SMILES string of the molecule is CN(C)CCn1ccc2cc(Nc3ncc4c(=O)n5n(c4n3)-c3cccc(c3)C(C)(O)CCC/C=C\C5)ccc21. The molecule has 1 aliphatic rings. The Morgan fingerprint density at radius 1 is 1.12 bits per heavy atom. The Balaban J connectivity index is 1.40. The van der Waals surface area contributed by atoms with Crippen molar-refractivity contribution >= 4 is 33.6 Å². The lowest BCUT2D eigenvalue weighted by molar-refractivity contribution is 0.0458. The first-order valence-electron chi connectivity index (χ1n) is 13.8. The molecule has 9 nitrogen and oxygen atoms in total. The highest BCUT2D eigenvalue weighted by Crippen LogP contribution is 2.30. The summed E-state index contributed by atoms with van der Waals surface area (Å²) in [6.07, 6.45) is 10.1. The van der Waals surface area contributed by atoms with E-state index in [0.29, 0.717) is 29.9 Å². The summed E-state index contributed by atoms with van der Waals surface area (Å²) in [6, 6.07) is 16.1. The third-order valence-electron chi connectivity index (χ3n) is 7.68. The molecule has 5 aromatic rings. The largest absolute Gasteiger partial charge is 0.385 e. The Bertz CT molecular complexity index is 1770. The molecule has 3 aromatic heterocycles. The van der Waals surface area contributed by atoms with E-state index in [1.807, 2.05) is 48.0 Å². The average molecular weight is 538 g/mol. The minimum absolute atomic E-state index is 0.152. The highest BCUT2D eigenvalue weighted by atomic mass is 16.3. The summed E-state index contributed by atoms with van der Waals surface area (Å²) in [7, 11) is 4.15. The van der Waals surface area contributed by atoms with Gasteiger partial charge in [0.2, 0.25) is 5.95 Å². The van der Waals surface area contributed by atoms with E-state index < -0.39 is 5.60 Å². The van der Waals surface area contributed by atoms with Gasteiger partial charge in [-0.1, -0.05) is 24.3 Å². The van der Waals surface area contributed by atoms with E-state index in [9.17, 15) is 9.90 Å². The number of nitrogens with zero attached hydrogens (tertiary/aromatic N) is 6. The molecule has 0 saturated carbocycles. The molecular formula is C31H35N7O2. The summed E-state index contributed by atoms with van der Waals surface area (Å²) in [4.78, 5) is 25.0. The molecule has 1 aliphatic heterocycles. The predicted octanol–water partition coefficient (Wildman–Crippen LogP) is 4.79. The smallest absolute Gasteiger partial charge is 0.278 e. The molecule has 206 valence electrons. The van der Waals surface area contributed by atoms with Gasteiger partial charge in [-0.15, -0.1) is 0 Å². The zero-order valence-corrected chi connectivity index (χ0v) is 23.2. The van der Waals surface area contributed by atoms with Gasteiger partial charge in [0, 0.05) is 42.1 Å². The Morgan fingerprint density at radius 3 is 2.85 bits per heavy atom. The predicted molar refractivity (Wildman–Crippen MR) is 159 cm³/mol. The fourth-order valence-corrected chi connectivity index (χ4v) is 5.40. The summed E-state index contributed by atoms with van der Waals surface area (Å²) < 4.78 is 5.77. The van der Waals surface area contributed by atoms with Crippen LogP contribution in [-0.4, -0.2) is 54.5 Å². The van der Waals surface area contributed by atoms with E-state index in [2.05, 4.69) is 64.3 Å². The highest BCUT2D eigenvalue weighted by molar-refractivity contribution is 5.85. The lowest BCUT2D eigenvalue weighted by Gasteiger charge is -2.25. The lowest BCUT2D eigenvalue weighted by Crippen LogP contribution is -2.24. The molecular weight excluding hydrogens is 502 g/mol. The van der Waals surface area contributed by atoms with Crippen LogP contribution in [0.25, 0.3) is 27.6 Å². The number of benzene rings is 2. The fourth-order valence-electron chi connectivity index (χ4n) is 5.40. The summed E-state index contributed by atoms with van der Waals surface area (Å²) in [6.45, 7) is 4.15. The Hall–Kier alpha value is -4.21. The second-order valence-electron chi connectivity index (χ2n) is 11.0. The maximum Gasteiger partial charge on any atom is 0.278 e. The monoisotopic (exact) mass is 537 g/mol. The number of likely N-dealkylation sites (N-methyl/N-ethyl adjacent to an activating group) is 1. The number of allylic oxidation sites excluding steroid dienone is 2. The first-order valence-corrected chi connectivity index (χ1v) is 13.8. The third kappa shape index (κ3) is 4.94. The van der Waals surface area contributed by atoms with Crippen molar-refractivity contribution < 1.29 is 5.11 Å². The van der Waals surface area contributed by atoms with Gasteiger partial charge in [-0.3, -0.25) is 4.79 Å². The van der Waals surface area contributed by atoms with E-state index in [-0.39, 0.29) is 5.56 Å². The Labute approximate surface area is 233 Å². The fraction of sp³-hybridized carbons (Fsp3) is 0.323. The molecule has 2 N–H and O–H groups in total. The van der Waals surface area contributed by atoms with Crippen LogP contribution in [0.1, 0.15) is 31.7 Å². The molecule has 0 radical (unpaired) electrons. The molecule has 2 bridgehead atoms. The Morgan fingerprint density at radius 2 is 2.00 bits per heavy atom. The number of hydrogen-bond acceptors (Lipinski definition) is 6. The van der Waals surface area contributed by atoms with Gasteiger partial charge in [0.15, 0.2) is 5.65 Å². The van der Waals surface area contributed by atoms with Crippen molar-refractivity contribution in [3.05, 3.63) is 89.0 Å². The van der Waals surface area contributed by atoms with Crippen LogP contribution in [0, 0.1) is 0 Å².